The van der Waals surface area contributed by atoms with Crippen LogP contribution in [0.1, 0.15) is 66.2 Å². The number of pyridine rings is 1. The molecule has 0 spiro atoms. The number of nitrogens with zero attached hydrogens (tertiary/aromatic N) is 3. The predicted octanol–water partition coefficient (Wildman–Crippen LogP) is 5.56. The van der Waals surface area contributed by atoms with Gasteiger partial charge >= 0.3 is 0 Å². The summed E-state index contributed by atoms with van der Waals surface area (Å²) < 4.78 is 0. The van der Waals surface area contributed by atoms with Gasteiger partial charge in [0.05, 0.1) is 11.5 Å². The lowest BCUT2D eigenvalue weighted by molar-refractivity contribution is -0.126. The van der Waals surface area contributed by atoms with E-state index in [-0.39, 0.29) is 23.9 Å². The molecule has 0 saturated carbocycles. The van der Waals surface area contributed by atoms with E-state index in [1.165, 1.54) is 11.3 Å². The molecule has 0 unspecified atom stereocenters. The average Bonchev–Trinajstić information content (AvgIpc) is 3.34. The Morgan fingerprint density at radius 1 is 1.03 bits per heavy atom. The van der Waals surface area contributed by atoms with Crippen LogP contribution in [0.4, 0.5) is 5.69 Å². The number of nitrogens with one attached hydrogen (secondary N) is 1. The minimum absolute atomic E-state index is 0.0311. The number of aryl methyl sites for hydroxylation is 1. The highest BCUT2D eigenvalue weighted by Gasteiger charge is 2.35. The largest absolute Gasteiger partial charge is 0.371 e. The number of carbonyl (C=O) groups is 2. The Morgan fingerprint density at radius 3 is 2.45 bits per heavy atom. The number of amides is 2. The van der Waals surface area contributed by atoms with Crippen LogP contribution in [0.3, 0.4) is 0 Å². The van der Waals surface area contributed by atoms with Crippen LogP contribution < -0.4 is 10.2 Å². The third-order valence-corrected chi connectivity index (χ3v) is 8.58. The third kappa shape index (κ3) is 5.14. The van der Waals surface area contributed by atoms with Crippen molar-refractivity contribution < 1.29 is 9.59 Å². The van der Waals surface area contributed by atoms with E-state index in [0.29, 0.717) is 10.6 Å². The second-order valence-electron chi connectivity index (χ2n) is 10.9. The van der Waals surface area contributed by atoms with E-state index in [4.69, 9.17) is 11.6 Å². The maximum absolute atomic E-state index is 13.5. The van der Waals surface area contributed by atoms with E-state index < -0.39 is 5.41 Å². The number of fused-ring (bicyclic) bond motifs is 1. The zero-order valence-corrected chi connectivity index (χ0v) is 23.0. The Bertz CT molecular complexity index is 1320. The molecule has 1 aliphatic heterocycles. The number of halogens is 1. The van der Waals surface area contributed by atoms with Crippen molar-refractivity contribution in [2.24, 2.45) is 0 Å². The van der Waals surface area contributed by atoms with E-state index in [0.717, 1.165) is 49.9 Å². The van der Waals surface area contributed by atoms with Crippen LogP contribution >= 0.6 is 11.6 Å². The van der Waals surface area contributed by atoms with Crippen molar-refractivity contribution in [1.82, 2.24) is 15.2 Å². The second kappa shape index (κ2) is 10.8. The molecule has 38 heavy (non-hydrogen) atoms. The van der Waals surface area contributed by atoms with Gasteiger partial charge in [-0.25, -0.2) is 0 Å². The summed E-state index contributed by atoms with van der Waals surface area (Å²) in [5.74, 6) is -0.0400. The molecule has 2 heterocycles. The molecule has 6 nitrogen and oxygen atoms in total. The summed E-state index contributed by atoms with van der Waals surface area (Å²) in [7, 11) is 1.91. The number of aromatic nitrogens is 1. The lowest BCUT2D eigenvalue weighted by atomic mass is 9.83. The summed E-state index contributed by atoms with van der Waals surface area (Å²) in [6, 6.07) is 17.6. The molecular formula is C31H35ClN4O2. The van der Waals surface area contributed by atoms with Gasteiger partial charge in [-0.1, -0.05) is 35.9 Å². The molecule has 1 saturated heterocycles. The van der Waals surface area contributed by atoms with Gasteiger partial charge in [0.2, 0.25) is 5.91 Å². The molecule has 2 aromatic carbocycles. The monoisotopic (exact) mass is 530 g/mol. The van der Waals surface area contributed by atoms with Crippen molar-refractivity contribution in [2.45, 2.75) is 57.0 Å². The Hall–Kier alpha value is -3.38. The molecule has 3 aromatic rings. The number of hydrogen-bond acceptors (Lipinski definition) is 4. The molecule has 0 bridgehead atoms. The zero-order valence-electron chi connectivity index (χ0n) is 22.3. The van der Waals surface area contributed by atoms with Crippen LogP contribution in [-0.4, -0.2) is 47.9 Å². The van der Waals surface area contributed by atoms with Crippen molar-refractivity contribution >= 4 is 29.1 Å². The normalized spacial score (nSPS) is 17.7. The lowest BCUT2D eigenvalue weighted by Crippen LogP contribution is -2.45. The minimum Gasteiger partial charge on any atom is -0.371 e. The van der Waals surface area contributed by atoms with Crippen LogP contribution in [0.25, 0.3) is 0 Å². The molecule has 1 aliphatic carbocycles. The van der Waals surface area contributed by atoms with Crippen molar-refractivity contribution in [3.63, 3.8) is 0 Å². The van der Waals surface area contributed by atoms with Gasteiger partial charge < -0.3 is 15.1 Å². The first-order valence-electron chi connectivity index (χ1n) is 13.4. The van der Waals surface area contributed by atoms with Crippen molar-refractivity contribution in [3.8, 4) is 0 Å². The molecule has 1 atom stereocenters. The molecule has 0 radical (unpaired) electrons. The number of hydrogen-bond donors (Lipinski definition) is 1. The van der Waals surface area contributed by atoms with Crippen LogP contribution in [0.5, 0.6) is 0 Å². The van der Waals surface area contributed by atoms with E-state index in [1.807, 2.05) is 92.8 Å². The van der Waals surface area contributed by atoms with E-state index in [1.54, 1.807) is 0 Å². The smallest absolute Gasteiger partial charge is 0.253 e. The molecule has 1 fully saturated rings. The highest BCUT2D eigenvalue weighted by Crippen LogP contribution is 2.35. The van der Waals surface area contributed by atoms with Gasteiger partial charge in [-0.3, -0.25) is 14.6 Å². The van der Waals surface area contributed by atoms with Crippen molar-refractivity contribution in [1.29, 1.82) is 0 Å². The number of benzene rings is 2. The van der Waals surface area contributed by atoms with Gasteiger partial charge in [0.1, 0.15) is 0 Å². The predicted molar refractivity (Wildman–Crippen MR) is 152 cm³/mol. The van der Waals surface area contributed by atoms with Gasteiger partial charge in [-0.15, -0.1) is 0 Å². The van der Waals surface area contributed by atoms with Crippen LogP contribution in [0, 0.1) is 0 Å². The van der Waals surface area contributed by atoms with Crippen LogP contribution in [-0.2, 0) is 16.6 Å². The Kier molecular flexibility index (Phi) is 7.44. The van der Waals surface area contributed by atoms with Gasteiger partial charge in [0.25, 0.3) is 5.91 Å². The molecule has 5 rings (SSSR count). The lowest BCUT2D eigenvalue weighted by Gasteiger charge is -2.38. The Balaban J connectivity index is 1.26. The molecule has 7 heteroatoms. The fourth-order valence-electron chi connectivity index (χ4n) is 5.75. The number of anilines is 1. The first-order valence-corrected chi connectivity index (χ1v) is 13.7. The van der Waals surface area contributed by atoms with Crippen molar-refractivity contribution in [2.75, 3.05) is 25.0 Å². The fourth-order valence-corrected chi connectivity index (χ4v) is 6.12. The average molecular weight is 531 g/mol. The maximum atomic E-state index is 13.5. The topological polar surface area (TPSA) is 65.5 Å². The van der Waals surface area contributed by atoms with E-state index in [2.05, 4.69) is 15.2 Å². The number of carbonyl (C=O) groups excluding carboxylic acids is 2. The van der Waals surface area contributed by atoms with Gasteiger partial charge in [0, 0.05) is 54.8 Å². The van der Waals surface area contributed by atoms with E-state index >= 15 is 0 Å². The Morgan fingerprint density at radius 2 is 1.74 bits per heavy atom. The fraction of sp³-hybridized carbons (Fsp3) is 0.387. The van der Waals surface area contributed by atoms with Crippen LogP contribution in [0.15, 0.2) is 67.0 Å². The van der Waals surface area contributed by atoms with Crippen molar-refractivity contribution in [3.05, 3.63) is 94.3 Å². The highest BCUT2D eigenvalue weighted by molar-refractivity contribution is 6.31. The second-order valence-corrected chi connectivity index (χ2v) is 11.3. The third-order valence-electron chi connectivity index (χ3n) is 8.25. The Labute approximate surface area is 230 Å². The molecule has 2 amide bonds. The molecule has 1 aromatic heterocycles. The first-order chi connectivity index (χ1) is 18.3. The number of rotatable bonds is 6. The first kappa shape index (κ1) is 26.2. The summed E-state index contributed by atoms with van der Waals surface area (Å²) >= 11 is 6.41. The summed E-state index contributed by atoms with van der Waals surface area (Å²) in [4.78, 5) is 35.3. The zero-order chi connectivity index (χ0) is 26.9. The quantitative estimate of drug-likeness (QED) is 0.453. The minimum atomic E-state index is -0.778. The van der Waals surface area contributed by atoms with Gasteiger partial charge in [0.15, 0.2) is 0 Å². The van der Waals surface area contributed by atoms with Crippen LogP contribution in [0.2, 0.25) is 5.02 Å². The SMILES string of the molecule is CN(C(=O)c1ccc2c(c1)[C@H](NC(=O)C(C)(C)c1ccccc1Cl)CC2)C1CCN(c2ccncc2)CC1. The van der Waals surface area contributed by atoms with E-state index in [9.17, 15) is 9.59 Å². The summed E-state index contributed by atoms with van der Waals surface area (Å²) in [6.45, 7) is 5.61. The molecular weight excluding hydrogens is 496 g/mol. The number of piperidine rings is 1. The summed E-state index contributed by atoms with van der Waals surface area (Å²) in [5, 5.41) is 3.83. The summed E-state index contributed by atoms with van der Waals surface area (Å²) in [6.07, 6.45) is 7.18. The molecule has 2 aliphatic rings. The molecule has 198 valence electrons. The standard InChI is InChI=1S/C31H35ClN4O2/c1-31(2,26-6-4-5-7-27(26)32)30(38)34-28-11-10-21-8-9-22(20-25(21)28)29(37)35(3)23-14-18-36(19-15-23)24-12-16-33-17-13-24/h4-9,12-13,16-17,20,23,28H,10-11,14-15,18-19H2,1-3H3,(H,34,38)/t28-/m1/s1. The van der Waals surface area contributed by atoms with Gasteiger partial charge in [-0.05, 0) is 86.6 Å². The van der Waals surface area contributed by atoms with Gasteiger partial charge in [-0.2, -0.15) is 0 Å². The highest BCUT2D eigenvalue weighted by atomic mass is 35.5. The molecule has 1 N–H and O–H groups in total. The maximum Gasteiger partial charge on any atom is 0.253 e. The summed E-state index contributed by atoms with van der Waals surface area (Å²) in [5.41, 5.74) is 4.11.